The monoisotopic (exact) mass is 398 g/mol. The smallest absolute Gasteiger partial charge is 0.346 e. The Morgan fingerprint density at radius 1 is 1.27 bits per heavy atom. The van der Waals surface area contributed by atoms with Gasteiger partial charge in [0.15, 0.2) is 6.61 Å². The quantitative estimate of drug-likeness (QED) is 0.509. The summed E-state index contributed by atoms with van der Waals surface area (Å²) < 4.78 is 15.8. The minimum absolute atomic E-state index is 0.0797. The molecule has 0 spiro atoms. The van der Waals surface area contributed by atoms with Crippen molar-refractivity contribution in [2.75, 3.05) is 39.7 Å². The van der Waals surface area contributed by atoms with Crippen molar-refractivity contribution >= 4 is 46.1 Å². The van der Waals surface area contributed by atoms with E-state index < -0.39 is 18.5 Å². The summed E-state index contributed by atoms with van der Waals surface area (Å²) in [7, 11) is 2.83. The molecule has 0 aromatic heterocycles. The number of methoxy groups -OCH3 is 2. The maximum absolute atomic E-state index is 12.2. The Balaban J connectivity index is 1.83. The van der Waals surface area contributed by atoms with Crippen LogP contribution in [0.3, 0.4) is 0 Å². The first-order valence-electron chi connectivity index (χ1n) is 7.59. The average Bonchev–Trinajstić information content (AvgIpc) is 2.97. The van der Waals surface area contributed by atoms with Crippen molar-refractivity contribution in [3.05, 3.63) is 23.8 Å². The normalized spacial score (nSPS) is 13.5. The lowest BCUT2D eigenvalue weighted by Crippen LogP contribution is -2.38. The highest BCUT2D eigenvalue weighted by Gasteiger charge is 2.26. The first-order valence-corrected chi connectivity index (χ1v) is 8.99. The van der Waals surface area contributed by atoms with Crippen LogP contribution in [0.15, 0.2) is 18.2 Å². The van der Waals surface area contributed by atoms with Gasteiger partial charge in [0.05, 0.1) is 20.0 Å². The number of thiocarbonyl (C=S) groups is 1. The lowest BCUT2D eigenvalue weighted by molar-refractivity contribution is -0.126. The number of carbonyl (C=O) groups is 3. The molecule has 10 heteroatoms. The van der Waals surface area contributed by atoms with Crippen LogP contribution in [-0.2, 0) is 14.3 Å². The summed E-state index contributed by atoms with van der Waals surface area (Å²) in [5, 5.41) is 2.57. The third-order valence-corrected chi connectivity index (χ3v) is 4.90. The van der Waals surface area contributed by atoms with Crippen molar-refractivity contribution in [1.29, 1.82) is 0 Å². The van der Waals surface area contributed by atoms with Gasteiger partial charge >= 0.3 is 5.97 Å². The van der Waals surface area contributed by atoms with Crippen molar-refractivity contribution in [3.63, 3.8) is 0 Å². The second kappa shape index (κ2) is 9.39. The Labute approximate surface area is 160 Å². The first kappa shape index (κ1) is 20.0. The molecule has 0 bridgehead atoms. The molecule has 140 valence electrons. The zero-order valence-corrected chi connectivity index (χ0v) is 15.9. The number of carbonyl (C=O) groups excluding carboxylic acids is 3. The molecule has 0 saturated carbocycles. The second-order valence-corrected chi connectivity index (χ2v) is 6.67. The van der Waals surface area contributed by atoms with Crippen LogP contribution in [0.5, 0.6) is 11.5 Å². The molecule has 1 aromatic carbocycles. The predicted octanol–water partition coefficient (Wildman–Crippen LogP) is 0.837. The van der Waals surface area contributed by atoms with Crippen molar-refractivity contribution in [1.82, 2.24) is 10.2 Å². The van der Waals surface area contributed by atoms with Gasteiger partial charge in [0, 0.05) is 13.1 Å². The molecule has 1 heterocycles. The van der Waals surface area contributed by atoms with E-state index in [-0.39, 0.29) is 36.1 Å². The van der Waals surface area contributed by atoms with E-state index in [9.17, 15) is 14.4 Å². The first-order chi connectivity index (χ1) is 12.5. The van der Waals surface area contributed by atoms with Crippen LogP contribution in [0.2, 0.25) is 0 Å². The Bertz CT molecular complexity index is 686. The highest BCUT2D eigenvalue weighted by molar-refractivity contribution is 8.23. The third-order valence-electron chi connectivity index (χ3n) is 3.46. The lowest BCUT2D eigenvalue weighted by atomic mass is 10.2. The Morgan fingerprint density at radius 3 is 2.46 bits per heavy atom. The van der Waals surface area contributed by atoms with Gasteiger partial charge in [-0.25, -0.2) is 4.79 Å². The number of nitrogens with zero attached hydrogens (tertiary/aromatic N) is 1. The van der Waals surface area contributed by atoms with Crippen LogP contribution in [0, 0.1) is 0 Å². The summed E-state index contributed by atoms with van der Waals surface area (Å²) in [5.41, 5.74) is 0.107. The van der Waals surface area contributed by atoms with Gasteiger partial charge in [-0.2, -0.15) is 0 Å². The van der Waals surface area contributed by atoms with Gasteiger partial charge < -0.3 is 19.5 Å². The fraction of sp³-hybridized carbons (Fsp3) is 0.375. The Hall–Kier alpha value is -2.33. The van der Waals surface area contributed by atoms with Gasteiger partial charge in [-0.15, -0.1) is 0 Å². The number of thioether (sulfide) groups is 1. The molecule has 26 heavy (non-hydrogen) atoms. The van der Waals surface area contributed by atoms with Gasteiger partial charge in [-0.3, -0.25) is 14.5 Å². The molecular formula is C16H18N2O6S2. The minimum Gasteiger partial charge on any atom is -0.496 e. The van der Waals surface area contributed by atoms with Crippen LogP contribution in [0.4, 0.5) is 0 Å². The zero-order valence-electron chi connectivity index (χ0n) is 14.3. The molecule has 0 aliphatic carbocycles. The van der Waals surface area contributed by atoms with E-state index in [1.165, 1.54) is 30.9 Å². The molecule has 2 amide bonds. The lowest BCUT2D eigenvalue weighted by Gasteiger charge is -2.15. The minimum atomic E-state index is -0.734. The average molecular weight is 398 g/mol. The van der Waals surface area contributed by atoms with Crippen molar-refractivity contribution < 1.29 is 28.6 Å². The number of benzene rings is 1. The number of esters is 1. The number of amides is 2. The summed E-state index contributed by atoms with van der Waals surface area (Å²) in [6.45, 7) is 0.0265. The molecule has 1 saturated heterocycles. The SMILES string of the molecule is COc1cccc(OC)c1C(=O)OCC(=O)NCCN1C(=O)CSC1=S. The summed E-state index contributed by atoms with van der Waals surface area (Å²) in [6, 6.07) is 4.85. The Kier molecular flexibility index (Phi) is 7.22. The molecule has 8 nitrogen and oxygen atoms in total. The third kappa shape index (κ3) is 4.85. The topological polar surface area (TPSA) is 94.2 Å². The standard InChI is InChI=1S/C16H18N2O6S2/c1-22-10-4-3-5-11(23-2)14(10)15(21)24-8-12(19)17-6-7-18-13(20)9-26-16(18)25/h3-5H,6-9H2,1-2H3,(H,17,19). The van der Waals surface area contributed by atoms with Gasteiger partial charge in [-0.1, -0.05) is 30.0 Å². The molecule has 2 rings (SSSR count). The van der Waals surface area contributed by atoms with Crippen molar-refractivity contribution in [3.8, 4) is 11.5 Å². The summed E-state index contributed by atoms with van der Waals surface area (Å²) >= 11 is 6.34. The predicted molar refractivity (Wildman–Crippen MR) is 99.6 cm³/mol. The zero-order chi connectivity index (χ0) is 19.1. The summed E-state index contributed by atoms with van der Waals surface area (Å²) in [5.74, 6) is -0.407. The van der Waals surface area contributed by atoms with Crippen molar-refractivity contribution in [2.24, 2.45) is 0 Å². The van der Waals surface area contributed by atoms with Gasteiger partial charge in [0.2, 0.25) is 5.91 Å². The van der Waals surface area contributed by atoms with Gasteiger partial charge in [-0.05, 0) is 12.1 Å². The molecular weight excluding hydrogens is 380 g/mol. The number of hydrogen-bond donors (Lipinski definition) is 1. The summed E-state index contributed by atoms with van der Waals surface area (Å²) in [6.07, 6.45) is 0. The molecule has 0 atom stereocenters. The molecule has 1 fully saturated rings. The van der Waals surface area contributed by atoms with E-state index in [0.717, 1.165) is 0 Å². The molecule has 0 radical (unpaired) electrons. The highest BCUT2D eigenvalue weighted by Crippen LogP contribution is 2.28. The van der Waals surface area contributed by atoms with Crippen molar-refractivity contribution in [2.45, 2.75) is 0 Å². The van der Waals surface area contributed by atoms with E-state index in [0.29, 0.717) is 10.1 Å². The van der Waals surface area contributed by atoms with Gasteiger partial charge in [0.1, 0.15) is 21.4 Å². The maximum atomic E-state index is 12.2. The fourth-order valence-corrected chi connectivity index (χ4v) is 3.33. The maximum Gasteiger partial charge on any atom is 0.346 e. The number of rotatable bonds is 8. The van der Waals surface area contributed by atoms with E-state index in [1.54, 1.807) is 18.2 Å². The van der Waals surface area contributed by atoms with Crippen LogP contribution in [0.25, 0.3) is 0 Å². The largest absolute Gasteiger partial charge is 0.496 e. The number of hydrogen-bond acceptors (Lipinski definition) is 8. The molecule has 1 aliphatic heterocycles. The van der Waals surface area contributed by atoms with Gasteiger partial charge in [0.25, 0.3) is 5.91 Å². The van der Waals surface area contributed by atoms with Crippen LogP contribution < -0.4 is 14.8 Å². The Morgan fingerprint density at radius 2 is 1.92 bits per heavy atom. The second-order valence-electron chi connectivity index (χ2n) is 5.06. The van der Waals surface area contributed by atoms with E-state index in [4.69, 9.17) is 26.4 Å². The fourth-order valence-electron chi connectivity index (χ4n) is 2.21. The van der Waals surface area contributed by atoms with Crippen LogP contribution in [0.1, 0.15) is 10.4 Å². The number of nitrogens with one attached hydrogen (secondary N) is 1. The van der Waals surface area contributed by atoms with E-state index in [2.05, 4.69) is 5.32 Å². The number of ether oxygens (including phenoxy) is 3. The molecule has 1 N–H and O–H groups in total. The highest BCUT2D eigenvalue weighted by atomic mass is 32.2. The summed E-state index contributed by atoms with van der Waals surface area (Å²) in [4.78, 5) is 37.1. The molecule has 1 aromatic rings. The van der Waals surface area contributed by atoms with Crippen LogP contribution in [-0.4, -0.2) is 66.7 Å². The molecule has 0 unspecified atom stereocenters. The van der Waals surface area contributed by atoms with E-state index in [1.807, 2.05) is 0 Å². The van der Waals surface area contributed by atoms with Crippen LogP contribution >= 0.6 is 24.0 Å². The van der Waals surface area contributed by atoms with E-state index >= 15 is 0 Å². The molecule has 1 aliphatic rings.